The van der Waals surface area contributed by atoms with Gasteiger partial charge in [0.1, 0.15) is 5.75 Å². The van der Waals surface area contributed by atoms with Crippen LogP contribution in [0.3, 0.4) is 0 Å². The van der Waals surface area contributed by atoms with E-state index in [1.165, 1.54) is 7.05 Å². The van der Waals surface area contributed by atoms with Gasteiger partial charge in [0.15, 0.2) is 6.61 Å². The van der Waals surface area contributed by atoms with Gasteiger partial charge < -0.3 is 15.4 Å². The molecule has 0 fully saturated rings. The zero-order valence-corrected chi connectivity index (χ0v) is 10.6. The van der Waals surface area contributed by atoms with Gasteiger partial charge in [0.25, 0.3) is 5.91 Å². The highest BCUT2D eigenvalue weighted by atomic mass is 16.5. The monoisotopic (exact) mass is 261 g/mol. The third-order valence-electron chi connectivity index (χ3n) is 2.31. The summed E-state index contributed by atoms with van der Waals surface area (Å²) < 4.78 is 5.23. The number of benzene rings is 1. The van der Waals surface area contributed by atoms with Crippen molar-refractivity contribution in [3.05, 3.63) is 29.8 Å². The minimum Gasteiger partial charge on any atom is -0.484 e. The lowest BCUT2D eigenvalue weighted by molar-refractivity contribution is -0.123. The summed E-state index contributed by atoms with van der Waals surface area (Å²) in [5, 5.41) is 13.6. The van der Waals surface area contributed by atoms with Crippen molar-refractivity contribution >= 4 is 11.8 Å². The van der Waals surface area contributed by atoms with Gasteiger partial charge in [-0.25, -0.2) is 0 Å². The molecule has 0 bridgehead atoms. The Morgan fingerprint density at radius 3 is 2.53 bits per heavy atom. The number of nitrogens with one attached hydrogen (secondary N) is 2. The van der Waals surface area contributed by atoms with Crippen LogP contribution in [-0.2, 0) is 9.59 Å². The molecule has 6 heteroatoms. The van der Waals surface area contributed by atoms with Crippen molar-refractivity contribution in [2.75, 3.05) is 20.2 Å². The van der Waals surface area contributed by atoms with Crippen molar-refractivity contribution in [1.29, 1.82) is 5.26 Å². The molecular formula is C13H15N3O3. The summed E-state index contributed by atoms with van der Waals surface area (Å²) in [5.74, 6) is 0.0852. The van der Waals surface area contributed by atoms with Gasteiger partial charge >= 0.3 is 0 Å². The number of ether oxygens (including phenoxy) is 1. The smallest absolute Gasteiger partial charge is 0.257 e. The van der Waals surface area contributed by atoms with Crippen LogP contribution < -0.4 is 15.4 Å². The van der Waals surface area contributed by atoms with E-state index < -0.39 is 0 Å². The van der Waals surface area contributed by atoms with E-state index in [1.54, 1.807) is 24.3 Å². The fraction of sp³-hybridized carbons (Fsp3) is 0.308. The predicted molar refractivity (Wildman–Crippen MR) is 68.3 cm³/mol. The van der Waals surface area contributed by atoms with E-state index in [4.69, 9.17) is 10.00 Å². The molecule has 0 aliphatic heterocycles. The molecule has 2 amide bonds. The molecule has 1 rings (SSSR count). The second-order valence-corrected chi connectivity index (χ2v) is 3.70. The molecule has 0 saturated heterocycles. The first-order valence-corrected chi connectivity index (χ1v) is 5.76. The summed E-state index contributed by atoms with van der Waals surface area (Å²) >= 11 is 0. The molecule has 0 aliphatic rings. The van der Waals surface area contributed by atoms with E-state index in [0.29, 0.717) is 11.3 Å². The highest BCUT2D eigenvalue weighted by Crippen LogP contribution is 2.10. The van der Waals surface area contributed by atoms with Crippen LogP contribution in [0.4, 0.5) is 0 Å². The normalized spacial score (nSPS) is 9.26. The molecule has 0 aromatic heterocycles. The van der Waals surface area contributed by atoms with E-state index in [2.05, 4.69) is 10.6 Å². The van der Waals surface area contributed by atoms with Crippen LogP contribution in [0.15, 0.2) is 24.3 Å². The van der Waals surface area contributed by atoms with Crippen LogP contribution in [0, 0.1) is 11.3 Å². The predicted octanol–water partition coefficient (Wildman–Crippen LogP) is 0.189. The standard InChI is InChI=1S/C13H15N3O3/c1-15-12(17)6-7-16-13(18)9-19-11-4-2-10(8-14)3-5-11/h2-5H,6-7,9H2,1H3,(H,15,17)(H,16,18). The van der Waals surface area contributed by atoms with Crippen LogP contribution in [-0.4, -0.2) is 32.0 Å². The first kappa shape index (κ1) is 14.5. The Bertz CT molecular complexity index is 477. The summed E-state index contributed by atoms with van der Waals surface area (Å²) in [5.41, 5.74) is 0.530. The Kier molecular flexibility index (Phi) is 5.89. The Hall–Kier alpha value is -2.55. The summed E-state index contributed by atoms with van der Waals surface area (Å²) in [4.78, 5) is 22.3. The van der Waals surface area contributed by atoms with Gasteiger partial charge in [-0.05, 0) is 24.3 Å². The number of nitriles is 1. The van der Waals surface area contributed by atoms with Gasteiger partial charge in [-0.15, -0.1) is 0 Å². The number of carbonyl (C=O) groups is 2. The van der Waals surface area contributed by atoms with Crippen molar-refractivity contribution in [3.63, 3.8) is 0 Å². The minimum absolute atomic E-state index is 0.125. The zero-order valence-electron chi connectivity index (χ0n) is 10.6. The molecule has 0 radical (unpaired) electrons. The molecule has 0 atom stereocenters. The molecule has 0 aliphatic carbocycles. The Labute approximate surface area is 111 Å². The molecule has 0 saturated carbocycles. The Morgan fingerprint density at radius 2 is 1.95 bits per heavy atom. The number of rotatable bonds is 6. The fourth-order valence-corrected chi connectivity index (χ4v) is 1.27. The van der Waals surface area contributed by atoms with Crippen molar-refractivity contribution in [1.82, 2.24) is 10.6 Å². The van der Waals surface area contributed by atoms with Crippen LogP contribution in [0.1, 0.15) is 12.0 Å². The number of hydrogen-bond acceptors (Lipinski definition) is 4. The van der Waals surface area contributed by atoms with Crippen LogP contribution in [0.25, 0.3) is 0 Å². The molecular weight excluding hydrogens is 246 g/mol. The SMILES string of the molecule is CNC(=O)CCNC(=O)COc1ccc(C#N)cc1. The molecule has 2 N–H and O–H groups in total. The van der Waals surface area contributed by atoms with Gasteiger partial charge in [0.05, 0.1) is 11.6 Å². The van der Waals surface area contributed by atoms with Gasteiger partial charge in [0, 0.05) is 20.0 Å². The number of nitrogens with zero attached hydrogens (tertiary/aromatic N) is 1. The van der Waals surface area contributed by atoms with E-state index in [-0.39, 0.29) is 31.4 Å². The molecule has 1 aromatic rings. The summed E-state index contributed by atoms with van der Waals surface area (Å²) in [6.45, 7) is 0.148. The first-order valence-electron chi connectivity index (χ1n) is 5.76. The Morgan fingerprint density at radius 1 is 1.26 bits per heavy atom. The molecule has 100 valence electrons. The third kappa shape index (κ3) is 5.55. The number of amides is 2. The maximum absolute atomic E-state index is 11.4. The third-order valence-corrected chi connectivity index (χ3v) is 2.31. The highest BCUT2D eigenvalue weighted by molar-refractivity contribution is 5.79. The van der Waals surface area contributed by atoms with E-state index in [9.17, 15) is 9.59 Å². The maximum atomic E-state index is 11.4. The van der Waals surface area contributed by atoms with E-state index >= 15 is 0 Å². The lowest BCUT2D eigenvalue weighted by Crippen LogP contribution is -2.32. The van der Waals surface area contributed by atoms with E-state index in [0.717, 1.165) is 0 Å². The van der Waals surface area contributed by atoms with Crippen molar-refractivity contribution < 1.29 is 14.3 Å². The van der Waals surface area contributed by atoms with Gasteiger partial charge in [-0.2, -0.15) is 5.26 Å². The average Bonchev–Trinajstić information content (AvgIpc) is 2.45. The quantitative estimate of drug-likeness (QED) is 0.764. The lowest BCUT2D eigenvalue weighted by atomic mass is 10.2. The van der Waals surface area contributed by atoms with Gasteiger partial charge in [-0.1, -0.05) is 0 Å². The topological polar surface area (TPSA) is 91.2 Å². The second kappa shape index (κ2) is 7.71. The number of hydrogen-bond donors (Lipinski definition) is 2. The molecule has 6 nitrogen and oxygen atoms in total. The average molecular weight is 261 g/mol. The van der Waals surface area contributed by atoms with Gasteiger partial charge in [0.2, 0.25) is 5.91 Å². The van der Waals surface area contributed by atoms with Crippen LogP contribution in [0.2, 0.25) is 0 Å². The first-order chi connectivity index (χ1) is 9.15. The van der Waals surface area contributed by atoms with Crippen LogP contribution >= 0.6 is 0 Å². The summed E-state index contributed by atoms with van der Waals surface area (Å²) in [6.07, 6.45) is 0.235. The molecule has 0 heterocycles. The van der Waals surface area contributed by atoms with E-state index in [1.807, 2.05) is 6.07 Å². The molecule has 0 spiro atoms. The van der Waals surface area contributed by atoms with Gasteiger partial charge in [-0.3, -0.25) is 9.59 Å². The molecule has 19 heavy (non-hydrogen) atoms. The zero-order chi connectivity index (χ0) is 14.1. The Balaban J connectivity index is 2.26. The molecule has 1 aromatic carbocycles. The molecule has 0 unspecified atom stereocenters. The van der Waals surface area contributed by atoms with Crippen molar-refractivity contribution in [2.45, 2.75) is 6.42 Å². The van der Waals surface area contributed by atoms with Crippen molar-refractivity contribution in [3.8, 4) is 11.8 Å². The van der Waals surface area contributed by atoms with Crippen LogP contribution in [0.5, 0.6) is 5.75 Å². The largest absolute Gasteiger partial charge is 0.484 e. The maximum Gasteiger partial charge on any atom is 0.257 e. The fourth-order valence-electron chi connectivity index (χ4n) is 1.27. The minimum atomic E-state index is -0.298. The summed E-state index contributed by atoms with van der Waals surface area (Å²) in [6, 6.07) is 8.45. The highest BCUT2D eigenvalue weighted by Gasteiger charge is 2.04. The summed E-state index contributed by atoms with van der Waals surface area (Å²) in [7, 11) is 1.54. The number of carbonyl (C=O) groups excluding carboxylic acids is 2. The second-order valence-electron chi connectivity index (χ2n) is 3.70. The van der Waals surface area contributed by atoms with Crippen molar-refractivity contribution in [2.24, 2.45) is 0 Å². The lowest BCUT2D eigenvalue weighted by Gasteiger charge is -2.07.